The van der Waals surface area contributed by atoms with Gasteiger partial charge in [-0.15, -0.1) is 0 Å². The Morgan fingerprint density at radius 1 is 1.80 bits per heavy atom. The van der Waals surface area contributed by atoms with Crippen LogP contribution >= 0.6 is 11.8 Å². The van der Waals surface area contributed by atoms with Gasteiger partial charge in [-0.05, 0) is 6.07 Å². The molecule has 1 aromatic rings. The molecule has 1 atom stereocenters. The molecule has 51 valence electrons. The summed E-state index contributed by atoms with van der Waals surface area (Å²) in [5.74, 6) is 0. The maximum absolute atomic E-state index is 4.05. The monoisotopic (exact) mass is 152 g/mol. The minimum Gasteiger partial charge on any atom is -0.285 e. The van der Waals surface area contributed by atoms with Gasteiger partial charge >= 0.3 is 0 Å². The average Bonchev–Trinajstić information content (AvgIpc) is 2.59. The highest BCUT2D eigenvalue weighted by Gasteiger charge is 2.16. The third-order valence-corrected chi connectivity index (χ3v) is 2.28. The smallest absolute Gasteiger partial charge is 0.123 e. The Morgan fingerprint density at radius 2 is 2.80 bits per heavy atom. The molecule has 1 radical (unpaired) electrons. The molecule has 0 aliphatic carbocycles. The first kappa shape index (κ1) is 5.97. The summed E-state index contributed by atoms with van der Waals surface area (Å²) in [6.07, 6.45) is 1.83. The van der Waals surface area contributed by atoms with Gasteiger partial charge in [-0.1, -0.05) is 11.8 Å². The number of nitrogens with zero attached hydrogens (tertiary/aromatic N) is 2. The summed E-state index contributed by atoms with van der Waals surface area (Å²) in [6, 6.07) is 1.97. The Labute approximate surface area is 62.9 Å². The van der Waals surface area contributed by atoms with Gasteiger partial charge in [0.05, 0.1) is 17.5 Å². The van der Waals surface area contributed by atoms with E-state index in [-0.39, 0.29) is 0 Å². The maximum atomic E-state index is 4.05. The van der Waals surface area contributed by atoms with Gasteiger partial charge in [0.25, 0.3) is 0 Å². The van der Waals surface area contributed by atoms with Crippen LogP contribution in [0.4, 0.5) is 0 Å². The minimum atomic E-state index is 0.395. The van der Waals surface area contributed by atoms with E-state index in [2.05, 4.69) is 20.7 Å². The van der Waals surface area contributed by atoms with Crippen LogP contribution in [0.3, 0.4) is 0 Å². The highest BCUT2D eigenvalue weighted by atomic mass is 32.2. The zero-order chi connectivity index (χ0) is 6.81. The standard InChI is InChI=1S/C6H6N3S/c1-2-8-9-5(1)6-3-7-4-10-6/h1-2,6H,3H2,(H,8,9). The Bertz CT molecular complexity index is 221. The summed E-state index contributed by atoms with van der Waals surface area (Å²) in [4.78, 5) is 3.98. The molecule has 0 amide bonds. The zero-order valence-electron chi connectivity index (χ0n) is 5.24. The SMILES string of the molecule is [C]1=NCC(c2cc[nH]n2)S1. The number of hydrogen-bond acceptors (Lipinski definition) is 3. The molecule has 0 saturated heterocycles. The normalized spacial score (nSPS) is 23.8. The fourth-order valence-corrected chi connectivity index (χ4v) is 1.54. The van der Waals surface area contributed by atoms with Crippen LogP contribution in [0.2, 0.25) is 0 Å². The second-order valence-electron chi connectivity index (χ2n) is 2.04. The molecule has 0 fully saturated rings. The molecule has 1 N–H and O–H groups in total. The van der Waals surface area contributed by atoms with Gasteiger partial charge in [0.2, 0.25) is 0 Å². The molecule has 1 aliphatic heterocycles. The molecule has 0 saturated carbocycles. The summed E-state index contributed by atoms with van der Waals surface area (Å²) >= 11 is 1.60. The predicted octanol–water partition coefficient (Wildman–Crippen LogP) is 1.10. The van der Waals surface area contributed by atoms with Gasteiger partial charge in [-0.25, -0.2) is 0 Å². The van der Waals surface area contributed by atoms with Crippen molar-refractivity contribution < 1.29 is 0 Å². The van der Waals surface area contributed by atoms with Crippen molar-refractivity contribution in [3.8, 4) is 0 Å². The predicted molar refractivity (Wildman–Crippen MR) is 41.2 cm³/mol. The van der Waals surface area contributed by atoms with E-state index in [9.17, 15) is 0 Å². The van der Waals surface area contributed by atoms with Crippen LogP contribution in [0, 0.1) is 0 Å². The van der Waals surface area contributed by atoms with Crippen LogP contribution in [-0.4, -0.2) is 22.3 Å². The molecule has 0 bridgehead atoms. The summed E-state index contributed by atoms with van der Waals surface area (Å²) in [5, 5.41) is 7.22. The molecule has 1 aromatic heterocycles. The van der Waals surface area contributed by atoms with Crippen molar-refractivity contribution in [2.75, 3.05) is 6.54 Å². The van der Waals surface area contributed by atoms with Crippen molar-refractivity contribution in [3.05, 3.63) is 18.0 Å². The molecule has 0 spiro atoms. The first-order valence-corrected chi connectivity index (χ1v) is 3.91. The zero-order valence-corrected chi connectivity index (χ0v) is 6.06. The Morgan fingerprint density at radius 3 is 3.40 bits per heavy atom. The summed E-state index contributed by atoms with van der Waals surface area (Å²) < 4.78 is 0. The largest absolute Gasteiger partial charge is 0.285 e. The fourth-order valence-electron chi connectivity index (χ4n) is 0.863. The Balaban J connectivity index is 2.14. The lowest BCUT2D eigenvalue weighted by Gasteiger charge is -1.99. The summed E-state index contributed by atoms with van der Waals surface area (Å²) in [7, 11) is 0. The van der Waals surface area contributed by atoms with Gasteiger partial charge in [0.15, 0.2) is 0 Å². The van der Waals surface area contributed by atoms with Crippen LogP contribution in [0.5, 0.6) is 0 Å². The van der Waals surface area contributed by atoms with Crippen molar-refractivity contribution in [1.82, 2.24) is 10.2 Å². The number of hydrogen-bond donors (Lipinski definition) is 1. The topological polar surface area (TPSA) is 41.0 Å². The lowest BCUT2D eigenvalue weighted by atomic mass is 10.3. The van der Waals surface area contributed by atoms with E-state index in [1.165, 1.54) is 0 Å². The fraction of sp³-hybridized carbons (Fsp3) is 0.333. The summed E-state index contributed by atoms with van der Waals surface area (Å²) in [5.41, 5.74) is 3.92. The molecule has 3 nitrogen and oxygen atoms in total. The van der Waals surface area contributed by atoms with Crippen molar-refractivity contribution in [3.63, 3.8) is 0 Å². The molecular formula is C6H6N3S. The van der Waals surface area contributed by atoms with Crippen LogP contribution in [0.1, 0.15) is 10.9 Å². The molecular weight excluding hydrogens is 146 g/mol. The number of aliphatic imine (C=N–C) groups is 1. The van der Waals surface area contributed by atoms with E-state index in [0.717, 1.165) is 12.2 Å². The van der Waals surface area contributed by atoms with Gasteiger partial charge < -0.3 is 0 Å². The van der Waals surface area contributed by atoms with Gasteiger partial charge in [0.1, 0.15) is 5.55 Å². The highest BCUT2D eigenvalue weighted by Crippen LogP contribution is 2.29. The van der Waals surface area contributed by atoms with E-state index < -0.39 is 0 Å². The quantitative estimate of drug-likeness (QED) is 0.654. The molecule has 2 rings (SSSR count). The third kappa shape index (κ3) is 0.945. The second kappa shape index (κ2) is 2.46. The van der Waals surface area contributed by atoms with Crippen molar-refractivity contribution in [1.29, 1.82) is 0 Å². The van der Waals surface area contributed by atoms with E-state index >= 15 is 0 Å². The van der Waals surface area contributed by atoms with E-state index in [1.54, 1.807) is 11.8 Å². The van der Waals surface area contributed by atoms with Crippen molar-refractivity contribution >= 4 is 17.3 Å². The molecule has 1 aliphatic rings. The van der Waals surface area contributed by atoms with E-state index in [0.29, 0.717) is 5.25 Å². The number of nitrogens with one attached hydrogen (secondary N) is 1. The Kier molecular flexibility index (Phi) is 1.47. The van der Waals surface area contributed by atoms with Gasteiger partial charge in [0, 0.05) is 6.20 Å². The number of aromatic amines is 1. The number of rotatable bonds is 1. The number of thioether (sulfide) groups is 1. The lowest BCUT2D eigenvalue weighted by molar-refractivity contribution is 0.898. The lowest BCUT2D eigenvalue weighted by Crippen LogP contribution is -1.93. The van der Waals surface area contributed by atoms with Crippen LogP contribution in [0.25, 0.3) is 0 Å². The summed E-state index contributed by atoms with van der Waals surface area (Å²) in [6.45, 7) is 0.815. The van der Waals surface area contributed by atoms with Crippen LogP contribution in [-0.2, 0) is 0 Å². The van der Waals surface area contributed by atoms with Crippen LogP contribution in [0.15, 0.2) is 17.3 Å². The maximum Gasteiger partial charge on any atom is 0.123 e. The first-order valence-electron chi connectivity index (χ1n) is 3.03. The molecule has 4 heteroatoms. The number of aromatic nitrogens is 2. The molecule has 1 unspecified atom stereocenters. The van der Waals surface area contributed by atoms with E-state index in [1.807, 2.05) is 12.3 Å². The second-order valence-corrected chi connectivity index (χ2v) is 3.02. The van der Waals surface area contributed by atoms with Crippen molar-refractivity contribution in [2.24, 2.45) is 4.99 Å². The third-order valence-electron chi connectivity index (χ3n) is 1.37. The Hall–Kier alpha value is -0.770. The molecule has 2 heterocycles. The number of H-pyrrole nitrogens is 1. The molecule has 10 heavy (non-hydrogen) atoms. The average molecular weight is 152 g/mol. The molecule has 0 aromatic carbocycles. The van der Waals surface area contributed by atoms with Gasteiger partial charge in [-0.3, -0.25) is 10.1 Å². The van der Waals surface area contributed by atoms with Crippen LogP contribution < -0.4 is 0 Å². The van der Waals surface area contributed by atoms with E-state index in [4.69, 9.17) is 0 Å². The van der Waals surface area contributed by atoms with Crippen molar-refractivity contribution in [2.45, 2.75) is 5.25 Å². The highest BCUT2D eigenvalue weighted by molar-refractivity contribution is 8.12. The first-order chi connectivity index (χ1) is 4.97. The minimum absolute atomic E-state index is 0.395. The van der Waals surface area contributed by atoms with Gasteiger partial charge in [-0.2, -0.15) is 5.10 Å².